The van der Waals surface area contributed by atoms with Crippen molar-refractivity contribution in [3.63, 3.8) is 0 Å². The predicted molar refractivity (Wildman–Crippen MR) is 54.3 cm³/mol. The minimum atomic E-state index is -0.713. The molecule has 0 amide bonds. The van der Waals surface area contributed by atoms with Gasteiger partial charge in [0.25, 0.3) is 0 Å². The maximum absolute atomic E-state index is 9.20. The summed E-state index contributed by atoms with van der Waals surface area (Å²) in [5.41, 5.74) is 7.35. The average Bonchev–Trinajstić information content (AvgIpc) is 2.64. The molecule has 0 radical (unpaired) electrons. The molecule has 0 fully saturated rings. The van der Waals surface area contributed by atoms with Crippen LogP contribution in [0.1, 0.15) is 18.1 Å². The summed E-state index contributed by atoms with van der Waals surface area (Å²) in [5.74, 6) is 0.867. The summed E-state index contributed by atoms with van der Waals surface area (Å²) in [5, 5.41) is 9.20. The number of ether oxygens (including phenoxy) is 1. The maximum Gasteiger partial charge on any atom is 0.127 e. The average molecular weight is 193 g/mol. The molecule has 2 rings (SSSR count). The van der Waals surface area contributed by atoms with Gasteiger partial charge < -0.3 is 15.6 Å². The smallest absolute Gasteiger partial charge is 0.127 e. The molecule has 0 aromatic heterocycles. The summed E-state index contributed by atoms with van der Waals surface area (Å²) in [6.07, 6.45) is 0.935. The third-order valence-corrected chi connectivity index (χ3v) is 2.66. The lowest BCUT2D eigenvalue weighted by molar-refractivity contribution is 0.206. The number of aliphatic hydroxyl groups excluding tert-OH is 1. The molecule has 76 valence electrons. The van der Waals surface area contributed by atoms with Gasteiger partial charge in [-0.3, -0.25) is 0 Å². The quantitative estimate of drug-likeness (QED) is 0.730. The molecule has 0 spiro atoms. The monoisotopic (exact) mass is 193 g/mol. The van der Waals surface area contributed by atoms with Crippen molar-refractivity contribution in [2.45, 2.75) is 18.9 Å². The predicted octanol–water partition coefficient (Wildman–Crippen LogP) is 0.788. The van der Waals surface area contributed by atoms with E-state index in [1.54, 1.807) is 0 Å². The number of nitrogens with two attached hydrogens (primary N) is 1. The summed E-state index contributed by atoms with van der Waals surface area (Å²) < 4.78 is 5.53. The van der Waals surface area contributed by atoms with E-state index >= 15 is 0 Å². The highest BCUT2D eigenvalue weighted by Gasteiger charge is 2.27. The summed E-state index contributed by atoms with van der Waals surface area (Å²) in [6.45, 7) is 2.45. The molecule has 0 aliphatic carbocycles. The van der Waals surface area contributed by atoms with E-state index in [1.807, 2.05) is 25.1 Å². The molecule has 3 nitrogen and oxygen atoms in total. The van der Waals surface area contributed by atoms with E-state index in [9.17, 15) is 5.11 Å². The lowest BCUT2D eigenvalue weighted by Gasteiger charge is -2.24. The van der Waals surface area contributed by atoms with Crippen molar-refractivity contribution in [2.75, 3.05) is 13.2 Å². The van der Waals surface area contributed by atoms with Crippen molar-refractivity contribution in [3.05, 3.63) is 29.3 Å². The van der Waals surface area contributed by atoms with Crippen molar-refractivity contribution in [3.8, 4) is 5.75 Å². The first kappa shape index (κ1) is 9.49. The Bertz CT molecular complexity index is 347. The van der Waals surface area contributed by atoms with Gasteiger partial charge in [-0.15, -0.1) is 0 Å². The van der Waals surface area contributed by atoms with E-state index in [0.29, 0.717) is 6.61 Å². The molecule has 0 bridgehead atoms. The van der Waals surface area contributed by atoms with Crippen molar-refractivity contribution in [2.24, 2.45) is 5.73 Å². The van der Waals surface area contributed by atoms with E-state index in [4.69, 9.17) is 10.5 Å². The zero-order chi connectivity index (χ0) is 10.2. The molecule has 1 aliphatic rings. The molecular weight excluding hydrogens is 178 g/mol. The van der Waals surface area contributed by atoms with Crippen LogP contribution in [0.2, 0.25) is 0 Å². The van der Waals surface area contributed by atoms with Crippen LogP contribution in [0.25, 0.3) is 0 Å². The summed E-state index contributed by atoms with van der Waals surface area (Å²) in [7, 11) is 0. The second-order valence-electron chi connectivity index (χ2n) is 3.97. The van der Waals surface area contributed by atoms with Crippen LogP contribution in [-0.2, 0) is 12.0 Å². The highest BCUT2D eigenvalue weighted by atomic mass is 16.5. The topological polar surface area (TPSA) is 55.5 Å². The number of aliphatic hydroxyl groups is 1. The van der Waals surface area contributed by atoms with Gasteiger partial charge in [-0.1, -0.05) is 18.2 Å². The Morgan fingerprint density at radius 1 is 1.57 bits per heavy atom. The Morgan fingerprint density at radius 2 is 2.36 bits per heavy atom. The molecular formula is C11H15NO2. The van der Waals surface area contributed by atoms with Crippen molar-refractivity contribution in [1.82, 2.24) is 0 Å². The molecule has 3 N–H and O–H groups in total. The van der Waals surface area contributed by atoms with Crippen molar-refractivity contribution < 1.29 is 9.84 Å². The fourth-order valence-corrected chi connectivity index (χ4v) is 1.75. The lowest BCUT2D eigenvalue weighted by Crippen LogP contribution is -2.37. The highest BCUT2D eigenvalue weighted by Crippen LogP contribution is 2.34. The fraction of sp³-hybridized carbons (Fsp3) is 0.455. The number of hydrogen-bond donors (Lipinski definition) is 2. The van der Waals surface area contributed by atoms with Gasteiger partial charge >= 0.3 is 0 Å². The zero-order valence-electron chi connectivity index (χ0n) is 8.29. The van der Waals surface area contributed by atoms with E-state index in [2.05, 4.69) is 0 Å². The summed E-state index contributed by atoms with van der Waals surface area (Å²) >= 11 is 0. The van der Waals surface area contributed by atoms with E-state index in [0.717, 1.165) is 17.7 Å². The number of hydrogen-bond acceptors (Lipinski definition) is 3. The Labute approximate surface area is 83.5 Å². The van der Waals surface area contributed by atoms with Gasteiger partial charge in [-0.2, -0.15) is 0 Å². The fourth-order valence-electron chi connectivity index (χ4n) is 1.75. The molecule has 3 heteroatoms. The second kappa shape index (κ2) is 3.26. The van der Waals surface area contributed by atoms with E-state index in [1.165, 1.54) is 5.56 Å². The first-order valence-corrected chi connectivity index (χ1v) is 4.80. The normalized spacial score (nSPS) is 18.5. The van der Waals surface area contributed by atoms with Crippen molar-refractivity contribution in [1.29, 1.82) is 0 Å². The second-order valence-corrected chi connectivity index (χ2v) is 3.97. The van der Waals surface area contributed by atoms with Crippen LogP contribution in [0.5, 0.6) is 5.75 Å². The van der Waals surface area contributed by atoms with E-state index in [-0.39, 0.29) is 6.61 Å². The molecule has 1 heterocycles. The van der Waals surface area contributed by atoms with Crippen LogP contribution in [0, 0.1) is 0 Å². The lowest BCUT2D eigenvalue weighted by atomic mass is 9.91. The Kier molecular flexibility index (Phi) is 2.21. The molecule has 1 aliphatic heterocycles. The molecule has 1 aromatic rings. The standard InChI is InChI=1S/C11H15NO2/c1-11(12,7-13)9-4-2-3-8-5-6-14-10(8)9/h2-4,13H,5-7,12H2,1H3/t11-/m0/s1. The van der Waals surface area contributed by atoms with Crippen molar-refractivity contribution >= 4 is 0 Å². The van der Waals surface area contributed by atoms with Gasteiger partial charge in [-0.05, 0) is 12.5 Å². The van der Waals surface area contributed by atoms with Crippen LogP contribution in [0.15, 0.2) is 18.2 Å². The number of rotatable bonds is 2. The summed E-state index contributed by atoms with van der Waals surface area (Å²) in [4.78, 5) is 0. The highest BCUT2D eigenvalue weighted by molar-refractivity contribution is 5.47. The first-order valence-electron chi connectivity index (χ1n) is 4.80. The first-order chi connectivity index (χ1) is 6.65. The summed E-state index contributed by atoms with van der Waals surface area (Å²) in [6, 6.07) is 5.92. The Morgan fingerprint density at radius 3 is 3.07 bits per heavy atom. The molecule has 0 saturated carbocycles. The Balaban J connectivity index is 2.49. The van der Waals surface area contributed by atoms with Crippen LogP contribution in [-0.4, -0.2) is 18.3 Å². The third kappa shape index (κ3) is 1.38. The molecule has 1 atom stereocenters. The zero-order valence-corrected chi connectivity index (χ0v) is 8.29. The van der Waals surface area contributed by atoms with E-state index < -0.39 is 5.54 Å². The minimum absolute atomic E-state index is 0.0766. The number of fused-ring (bicyclic) bond motifs is 1. The molecule has 0 unspecified atom stereocenters. The van der Waals surface area contributed by atoms with Gasteiger partial charge in [0.05, 0.1) is 18.8 Å². The minimum Gasteiger partial charge on any atom is -0.493 e. The van der Waals surface area contributed by atoms with Gasteiger partial charge in [-0.25, -0.2) is 0 Å². The molecule has 14 heavy (non-hydrogen) atoms. The van der Waals surface area contributed by atoms with Gasteiger partial charge in [0.2, 0.25) is 0 Å². The van der Waals surface area contributed by atoms with Crippen LogP contribution >= 0.6 is 0 Å². The number of benzene rings is 1. The SMILES string of the molecule is C[C@](N)(CO)c1cccc2c1OCC2. The van der Waals surface area contributed by atoms with Gasteiger partial charge in [0.1, 0.15) is 5.75 Å². The maximum atomic E-state index is 9.20. The number of para-hydroxylation sites is 1. The molecule has 0 saturated heterocycles. The Hall–Kier alpha value is -1.06. The van der Waals surface area contributed by atoms with Gasteiger partial charge in [0.15, 0.2) is 0 Å². The van der Waals surface area contributed by atoms with Crippen LogP contribution in [0.3, 0.4) is 0 Å². The van der Waals surface area contributed by atoms with Crippen LogP contribution in [0.4, 0.5) is 0 Å². The molecule has 1 aromatic carbocycles. The third-order valence-electron chi connectivity index (χ3n) is 2.66. The van der Waals surface area contributed by atoms with Gasteiger partial charge in [0, 0.05) is 12.0 Å². The largest absolute Gasteiger partial charge is 0.493 e. The van der Waals surface area contributed by atoms with Crippen LogP contribution < -0.4 is 10.5 Å².